The van der Waals surface area contributed by atoms with Crippen LogP contribution in [0.5, 0.6) is 0 Å². The van der Waals surface area contributed by atoms with Crippen LogP contribution >= 0.6 is 15.9 Å². The molecule has 0 amide bonds. The van der Waals surface area contributed by atoms with Crippen LogP contribution in [0.1, 0.15) is 43.9 Å². The summed E-state index contributed by atoms with van der Waals surface area (Å²) >= 11 is 2.96. The van der Waals surface area contributed by atoms with Gasteiger partial charge >= 0.3 is 6.18 Å². The van der Waals surface area contributed by atoms with E-state index in [0.717, 1.165) is 12.0 Å². The molecule has 20 heavy (non-hydrogen) atoms. The fourth-order valence-corrected chi connectivity index (χ4v) is 2.44. The lowest BCUT2D eigenvalue weighted by Gasteiger charge is -2.21. The molecule has 0 aliphatic carbocycles. The molecule has 0 fully saturated rings. The van der Waals surface area contributed by atoms with Crippen LogP contribution in [0, 0.1) is 0 Å². The molecule has 0 saturated heterocycles. The topological polar surface area (TPSA) is 12.0 Å². The van der Waals surface area contributed by atoms with Gasteiger partial charge in [-0.1, -0.05) is 48.0 Å². The highest BCUT2D eigenvalue weighted by Crippen LogP contribution is 2.37. The Balaban J connectivity index is 3.11. The lowest BCUT2D eigenvalue weighted by molar-refractivity contribution is -0.138. The zero-order chi connectivity index (χ0) is 15.3. The number of nitrogens with one attached hydrogen (secondary N) is 1. The molecule has 1 aromatic rings. The minimum atomic E-state index is -4.35. The van der Waals surface area contributed by atoms with Crippen LogP contribution in [-0.2, 0) is 6.18 Å². The van der Waals surface area contributed by atoms with Crippen molar-refractivity contribution in [1.29, 1.82) is 0 Å². The molecule has 1 atom stereocenters. The molecule has 0 heterocycles. The standard InChI is InChI=1S/C15H19BrF3N/c1-4-10(3)8-14(20-5-2)11-6-7-13(16)12(9-11)15(17,18)19/h6-7,9,14,20H,3-5,8H2,1-2H3. The van der Waals surface area contributed by atoms with Gasteiger partial charge in [0, 0.05) is 10.5 Å². The van der Waals surface area contributed by atoms with Crippen LogP contribution in [0.3, 0.4) is 0 Å². The molecule has 0 aromatic heterocycles. The highest BCUT2D eigenvalue weighted by molar-refractivity contribution is 9.10. The second-order valence-corrected chi connectivity index (χ2v) is 5.51. The summed E-state index contributed by atoms with van der Waals surface area (Å²) in [5.41, 5.74) is 1.02. The second kappa shape index (κ2) is 7.27. The minimum Gasteiger partial charge on any atom is -0.310 e. The van der Waals surface area contributed by atoms with Gasteiger partial charge in [-0.05, 0) is 37.1 Å². The van der Waals surface area contributed by atoms with Gasteiger partial charge in [-0.2, -0.15) is 13.2 Å². The molecule has 1 unspecified atom stereocenters. The van der Waals surface area contributed by atoms with E-state index >= 15 is 0 Å². The van der Waals surface area contributed by atoms with E-state index < -0.39 is 11.7 Å². The van der Waals surface area contributed by atoms with Gasteiger partial charge in [0.2, 0.25) is 0 Å². The molecular weight excluding hydrogens is 331 g/mol. The van der Waals surface area contributed by atoms with Crippen molar-refractivity contribution in [3.8, 4) is 0 Å². The number of alkyl halides is 3. The largest absolute Gasteiger partial charge is 0.417 e. The van der Waals surface area contributed by atoms with Crippen molar-refractivity contribution in [2.45, 2.75) is 38.9 Å². The third-order valence-corrected chi connectivity index (χ3v) is 3.83. The first-order valence-corrected chi connectivity index (χ1v) is 7.35. The maximum atomic E-state index is 12.9. The molecular formula is C15H19BrF3N. The van der Waals surface area contributed by atoms with Crippen molar-refractivity contribution in [3.05, 3.63) is 46.0 Å². The second-order valence-electron chi connectivity index (χ2n) is 4.65. The van der Waals surface area contributed by atoms with Gasteiger partial charge in [0.15, 0.2) is 0 Å². The van der Waals surface area contributed by atoms with E-state index in [2.05, 4.69) is 27.8 Å². The fourth-order valence-electron chi connectivity index (χ4n) is 1.96. The summed E-state index contributed by atoms with van der Waals surface area (Å²) < 4.78 is 38.9. The van der Waals surface area contributed by atoms with Crippen LogP contribution in [0.4, 0.5) is 13.2 Å². The quantitative estimate of drug-likeness (QED) is 0.671. The van der Waals surface area contributed by atoms with Gasteiger partial charge in [-0.3, -0.25) is 0 Å². The maximum absolute atomic E-state index is 12.9. The Morgan fingerprint density at radius 2 is 2.00 bits per heavy atom. The normalized spacial score (nSPS) is 13.3. The monoisotopic (exact) mass is 349 g/mol. The average molecular weight is 350 g/mol. The van der Waals surface area contributed by atoms with E-state index in [0.29, 0.717) is 18.5 Å². The summed E-state index contributed by atoms with van der Waals surface area (Å²) in [4.78, 5) is 0. The summed E-state index contributed by atoms with van der Waals surface area (Å²) in [6.45, 7) is 8.56. The third kappa shape index (κ3) is 4.63. The summed E-state index contributed by atoms with van der Waals surface area (Å²) in [6.07, 6.45) is -2.89. The van der Waals surface area contributed by atoms with Crippen LogP contribution in [0.15, 0.2) is 34.8 Å². The van der Waals surface area contributed by atoms with Gasteiger partial charge in [0.25, 0.3) is 0 Å². The first kappa shape index (κ1) is 17.2. The van der Waals surface area contributed by atoms with E-state index in [9.17, 15) is 13.2 Å². The van der Waals surface area contributed by atoms with E-state index in [1.807, 2.05) is 13.8 Å². The number of benzene rings is 1. The van der Waals surface area contributed by atoms with Gasteiger partial charge in [0.05, 0.1) is 5.56 Å². The molecule has 1 N–H and O–H groups in total. The Kier molecular flexibility index (Phi) is 6.27. The molecule has 0 aliphatic rings. The summed E-state index contributed by atoms with van der Waals surface area (Å²) in [6, 6.07) is 4.24. The summed E-state index contributed by atoms with van der Waals surface area (Å²) in [5.74, 6) is 0. The van der Waals surface area contributed by atoms with Crippen LogP contribution in [0.2, 0.25) is 0 Å². The molecule has 112 valence electrons. The molecule has 1 rings (SSSR count). The van der Waals surface area contributed by atoms with Crippen molar-refractivity contribution < 1.29 is 13.2 Å². The molecule has 1 nitrogen and oxygen atoms in total. The number of rotatable bonds is 6. The highest BCUT2D eigenvalue weighted by atomic mass is 79.9. The number of halogens is 4. The number of hydrogen-bond donors (Lipinski definition) is 1. The molecule has 0 radical (unpaired) electrons. The Bertz CT molecular complexity index is 469. The van der Waals surface area contributed by atoms with E-state index in [4.69, 9.17) is 0 Å². The van der Waals surface area contributed by atoms with Crippen molar-refractivity contribution in [2.24, 2.45) is 0 Å². The van der Waals surface area contributed by atoms with Crippen molar-refractivity contribution in [3.63, 3.8) is 0 Å². The predicted molar refractivity (Wildman–Crippen MR) is 79.6 cm³/mol. The van der Waals surface area contributed by atoms with E-state index in [1.54, 1.807) is 6.07 Å². The van der Waals surface area contributed by atoms with Crippen molar-refractivity contribution >= 4 is 15.9 Å². The molecule has 0 aliphatic heterocycles. The molecule has 5 heteroatoms. The first-order chi connectivity index (χ1) is 9.29. The van der Waals surface area contributed by atoms with Crippen molar-refractivity contribution in [2.75, 3.05) is 6.54 Å². The predicted octanol–water partition coefficient (Wildman–Crippen LogP) is 5.47. The smallest absolute Gasteiger partial charge is 0.310 e. The summed E-state index contributed by atoms with van der Waals surface area (Å²) in [5, 5.41) is 3.22. The van der Waals surface area contributed by atoms with Crippen LogP contribution in [-0.4, -0.2) is 6.54 Å². The molecule has 0 saturated carbocycles. The van der Waals surface area contributed by atoms with E-state index in [-0.39, 0.29) is 10.5 Å². The molecule has 1 aromatic carbocycles. The van der Waals surface area contributed by atoms with Gasteiger partial charge in [0.1, 0.15) is 0 Å². The highest BCUT2D eigenvalue weighted by Gasteiger charge is 2.33. The van der Waals surface area contributed by atoms with Gasteiger partial charge in [-0.25, -0.2) is 0 Å². The fraction of sp³-hybridized carbons (Fsp3) is 0.467. The lowest BCUT2D eigenvalue weighted by Crippen LogP contribution is -2.22. The van der Waals surface area contributed by atoms with E-state index in [1.165, 1.54) is 12.1 Å². The van der Waals surface area contributed by atoms with Crippen LogP contribution < -0.4 is 5.32 Å². The number of hydrogen-bond acceptors (Lipinski definition) is 1. The first-order valence-electron chi connectivity index (χ1n) is 6.56. The average Bonchev–Trinajstić information content (AvgIpc) is 2.37. The Morgan fingerprint density at radius 1 is 1.35 bits per heavy atom. The molecule has 0 spiro atoms. The zero-order valence-corrected chi connectivity index (χ0v) is 13.2. The SMILES string of the molecule is C=C(CC)CC(NCC)c1ccc(Br)c(C(F)(F)F)c1. The molecule has 0 bridgehead atoms. The Hall–Kier alpha value is -0.810. The van der Waals surface area contributed by atoms with Gasteiger partial charge in [-0.15, -0.1) is 0 Å². The Morgan fingerprint density at radius 3 is 2.50 bits per heavy atom. The Labute approximate surface area is 126 Å². The minimum absolute atomic E-state index is 0.0679. The zero-order valence-electron chi connectivity index (χ0n) is 11.6. The van der Waals surface area contributed by atoms with Gasteiger partial charge < -0.3 is 5.32 Å². The third-order valence-electron chi connectivity index (χ3n) is 3.14. The summed E-state index contributed by atoms with van der Waals surface area (Å²) in [7, 11) is 0. The van der Waals surface area contributed by atoms with Crippen LogP contribution in [0.25, 0.3) is 0 Å². The lowest BCUT2D eigenvalue weighted by atomic mass is 9.97. The maximum Gasteiger partial charge on any atom is 0.417 e. The van der Waals surface area contributed by atoms with Crippen molar-refractivity contribution in [1.82, 2.24) is 5.32 Å².